The normalized spacial score (nSPS) is 13.3. The van der Waals surface area contributed by atoms with Gasteiger partial charge in [0.25, 0.3) is 0 Å². The van der Waals surface area contributed by atoms with Crippen molar-refractivity contribution in [3.8, 4) is 0 Å². The van der Waals surface area contributed by atoms with Crippen LogP contribution < -0.4 is 5.73 Å². The van der Waals surface area contributed by atoms with Crippen molar-refractivity contribution < 1.29 is 4.79 Å². The van der Waals surface area contributed by atoms with Crippen molar-refractivity contribution >= 4 is 5.91 Å². The molecule has 0 radical (unpaired) electrons. The summed E-state index contributed by atoms with van der Waals surface area (Å²) in [5.74, 6) is 1.40. The Kier molecular flexibility index (Phi) is 9.86. The lowest BCUT2D eigenvalue weighted by molar-refractivity contribution is -0.132. The number of rotatable bonds is 10. The molecule has 0 aliphatic rings. The molecule has 0 bridgehead atoms. The average molecular weight is 285 g/mol. The van der Waals surface area contributed by atoms with Gasteiger partial charge in [0.1, 0.15) is 0 Å². The first-order valence-electron chi connectivity index (χ1n) is 8.07. The van der Waals surface area contributed by atoms with Gasteiger partial charge in [0.05, 0.1) is 0 Å². The molecule has 0 aromatic carbocycles. The zero-order valence-electron chi connectivity index (χ0n) is 14.4. The van der Waals surface area contributed by atoms with Gasteiger partial charge in [0.2, 0.25) is 5.91 Å². The second-order valence-electron chi connectivity index (χ2n) is 6.40. The number of nitrogens with zero attached hydrogens (tertiary/aromatic N) is 2. The van der Waals surface area contributed by atoms with Crippen molar-refractivity contribution in [3.63, 3.8) is 0 Å². The van der Waals surface area contributed by atoms with Crippen LogP contribution in [0.25, 0.3) is 0 Å². The van der Waals surface area contributed by atoms with E-state index in [9.17, 15) is 4.79 Å². The summed E-state index contributed by atoms with van der Waals surface area (Å²) in [5, 5.41) is 0. The van der Waals surface area contributed by atoms with E-state index in [4.69, 9.17) is 5.73 Å². The van der Waals surface area contributed by atoms with Gasteiger partial charge in [-0.2, -0.15) is 0 Å². The molecule has 0 saturated carbocycles. The summed E-state index contributed by atoms with van der Waals surface area (Å²) in [6.07, 6.45) is 0.539. The molecular formula is C16H35N3O. The van der Waals surface area contributed by atoms with E-state index >= 15 is 0 Å². The van der Waals surface area contributed by atoms with Crippen molar-refractivity contribution in [3.05, 3.63) is 0 Å². The van der Waals surface area contributed by atoms with Gasteiger partial charge in [-0.15, -0.1) is 0 Å². The van der Waals surface area contributed by atoms with Crippen molar-refractivity contribution in [1.29, 1.82) is 0 Å². The Bertz CT molecular complexity index is 252. The van der Waals surface area contributed by atoms with Gasteiger partial charge in [-0.1, -0.05) is 27.7 Å². The molecule has 4 heteroatoms. The topological polar surface area (TPSA) is 49.6 Å². The Morgan fingerprint density at radius 3 is 1.75 bits per heavy atom. The minimum absolute atomic E-state index is 0.160. The van der Waals surface area contributed by atoms with Gasteiger partial charge in [0.15, 0.2) is 0 Å². The predicted molar refractivity (Wildman–Crippen MR) is 86.6 cm³/mol. The third kappa shape index (κ3) is 7.25. The summed E-state index contributed by atoms with van der Waals surface area (Å²) in [5.41, 5.74) is 5.94. The van der Waals surface area contributed by atoms with Crippen LogP contribution in [0, 0.1) is 11.8 Å². The molecule has 0 aromatic heterocycles. The maximum Gasteiger partial charge on any atom is 0.224 e. The zero-order valence-corrected chi connectivity index (χ0v) is 14.4. The van der Waals surface area contributed by atoms with Crippen molar-refractivity contribution in [2.75, 3.05) is 32.7 Å². The number of hydrogen-bond acceptors (Lipinski definition) is 3. The SMILES string of the molecule is CCN(CC)C(=O)CC(CN)N(CC(C)C)CC(C)C. The first-order valence-corrected chi connectivity index (χ1v) is 8.07. The molecule has 2 N–H and O–H groups in total. The summed E-state index contributed by atoms with van der Waals surface area (Å²) in [6, 6.07) is 0.160. The maximum absolute atomic E-state index is 12.3. The molecule has 0 aromatic rings. The standard InChI is InChI=1S/C16H35N3O/c1-7-18(8-2)16(20)9-15(10-17)19(11-13(3)4)12-14(5)6/h13-15H,7-12,17H2,1-6H3. The third-order valence-corrected chi connectivity index (χ3v) is 3.51. The second kappa shape index (κ2) is 10.2. The molecule has 0 saturated heterocycles. The monoisotopic (exact) mass is 285 g/mol. The van der Waals surface area contributed by atoms with E-state index < -0.39 is 0 Å². The molecule has 4 nitrogen and oxygen atoms in total. The molecule has 0 spiro atoms. The van der Waals surface area contributed by atoms with E-state index in [0.717, 1.165) is 26.2 Å². The average Bonchev–Trinajstić information content (AvgIpc) is 2.35. The minimum Gasteiger partial charge on any atom is -0.343 e. The highest BCUT2D eigenvalue weighted by Crippen LogP contribution is 2.12. The van der Waals surface area contributed by atoms with Crippen LogP contribution in [0.1, 0.15) is 48.0 Å². The Labute approximate surface area is 125 Å². The van der Waals surface area contributed by atoms with Gasteiger partial charge >= 0.3 is 0 Å². The van der Waals surface area contributed by atoms with Crippen molar-refractivity contribution in [2.45, 2.75) is 54.0 Å². The second-order valence-corrected chi connectivity index (χ2v) is 6.40. The van der Waals surface area contributed by atoms with Gasteiger partial charge in [-0.25, -0.2) is 0 Å². The van der Waals surface area contributed by atoms with Crippen LogP contribution in [0.15, 0.2) is 0 Å². The van der Waals surface area contributed by atoms with E-state index in [-0.39, 0.29) is 11.9 Å². The van der Waals surface area contributed by atoms with Gasteiger partial charge < -0.3 is 10.6 Å². The molecule has 0 rings (SSSR count). The zero-order chi connectivity index (χ0) is 15.7. The van der Waals surface area contributed by atoms with Crippen LogP contribution in [-0.2, 0) is 4.79 Å². The lowest BCUT2D eigenvalue weighted by Gasteiger charge is -2.34. The van der Waals surface area contributed by atoms with Crippen LogP contribution in [0.2, 0.25) is 0 Å². The summed E-state index contributed by atoms with van der Waals surface area (Å²) in [7, 11) is 0. The smallest absolute Gasteiger partial charge is 0.224 e. The number of amides is 1. The summed E-state index contributed by atoms with van der Waals surface area (Å²) < 4.78 is 0. The summed E-state index contributed by atoms with van der Waals surface area (Å²) in [4.78, 5) is 16.6. The highest BCUT2D eigenvalue weighted by molar-refractivity contribution is 5.76. The number of carbonyl (C=O) groups is 1. The molecular weight excluding hydrogens is 250 g/mol. The Morgan fingerprint density at radius 2 is 1.45 bits per heavy atom. The predicted octanol–water partition coefficient (Wildman–Crippen LogP) is 2.19. The molecule has 0 heterocycles. The van der Waals surface area contributed by atoms with Crippen LogP contribution in [0.5, 0.6) is 0 Å². The molecule has 1 unspecified atom stereocenters. The first kappa shape index (κ1) is 19.4. The molecule has 0 aliphatic heterocycles. The van der Waals surface area contributed by atoms with Gasteiger partial charge in [0, 0.05) is 45.2 Å². The molecule has 1 atom stereocenters. The number of nitrogens with two attached hydrogens (primary N) is 1. The summed E-state index contributed by atoms with van der Waals surface area (Å²) in [6.45, 7) is 17.0. The fourth-order valence-corrected chi connectivity index (χ4v) is 2.58. The fourth-order valence-electron chi connectivity index (χ4n) is 2.58. The van der Waals surface area contributed by atoms with E-state index in [2.05, 4.69) is 32.6 Å². The van der Waals surface area contributed by atoms with Crippen LogP contribution in [0.3, 0.4) is 0 Å². The van der Waals surface area contributed by atoms with E-state index in [0.29, 0.717) is 24.8 Å². The van der Waals surface area contributed by atoms with Gasteiger partial charge in [-0.3, -0.25) is 9.69 Å². The molecule has 20 heavy (non-hydrogen) atoms. The lowest BCUT2D eigenvalue weighted by atomic mass is 10.1. The van der Waals surface area contributed by atoms with E-state index in [1.54, 1.807) is 0 Å². The number of hydrogen-bond donors (Lipinski definition) is 1. The van der Waals surface area contributed by atoms with Crippen molar-refractivity contribution in [2.24, 2.45) is 17.6 Å². The lowest BCUT2D eigenvalue weighted by Crippen LogP contribution is -2.47. The Balaban J connectivity index is 4.75. The van der Waals surface area contributed by atoms with Crippen LogP contribution in [0.4, 0.5) is 0 Å². The third-order valence-electron chi connectivity index (χ3n) is 3.51. The highest BCUT2D eigenvalue weighted by Gasteiger charge is 2.23. The first-order chi connectivity index (χ1) is 9.35. The van der Waals surface area contributed by atoms with E-state index in [1.165, 1.54) is 0 Å². The summed E-state index contributed by atoms with van der Waals surface area (Å²) >= 11 is 0. The largest absolute Gasteiger partial charge is 0.343 e. The minimum atomic E-state index is 0.160. The molecule has 0 fully saturated rings. The number of carbonyl (C=O) groups excluding carboxylic acids is 1. The van der Waals surface area contributed by atoms with E-state index in [1.807, 2.05) is 18.7 Å². The molecule has 0 aliphatic carbocycles. The quantitative estimate of drug-likeness (QED) is 0.669. The van der Waals surface area contributed by atoms with Gasteiger partial charge in [-0.05, 0) is 25.7 Å². The maximum atomic E-state index is 12.3. The highest BCUT2D eigenvalue weighted by atomic mass is 16.2. The van der Waals surface area contributed by atoms with Crippen LogP contribution >= 0.6 is 0 Å². The fraction of sp³-hybridized carbons (Fsp3) is 0.938. The van der Waals surface area contributed by atoms with Crippen LogP contribution in [-0.4, -0.2) is 54.5 Å². The molecule has 1 amide bonds. The Hall–Kier alpha value is -0.610. The molecule has 120 valence electrons. The van der Waals surface area contributed by atoms with Crippen molar-refractivity contribution in [1.82, 2.24) is 9.80 Å². The Morgan fingerprint density at radius 1 is 1.00 bits per heavy atom.